The molecule has 2 atom stereocenters. The standard InChI is InChI=1S/C15H22ClFN2/c1-10(2)14-4-3-7-19(14)15(9-18)12-6-5-11(17)8-13(12)16/h5-6,8,10,14-15H,3-4,7,9,18H2,1-2H3. The molecule has 1 heterocycles. The highest BCUT2D eigenvalue weighted by atomic mass is 35.5. The molecule has 2 unspecified atom stereocenters. The van der Waals surface area contributed by atoms with Crippen molar-refractivity contribution in [3.05, 3.63) is 34.6 Å². The molecule has 2 rings (SSSR count). The van der Waals surface area contributed by atoms with Gasteiger partial charge >= 0.3 is 0 Å². The van der Waals surface area contributed by atoms with E-state index in [0.717, 1.165) is 12.1 Å². The molecule has 0 aliphatic carbocycles. The van der Waals surface area contributed by atoms with Crippen molar-refractivity contribution < 1.29 is 4.39 Å². The van der Waals surface area contributed by atoms with Gasteiger partial charge in [-0.05, 0) is 43.0 Å². The van der Waals surface area contributed by atoms with Crippen LogP contribution in [0.25, 0.3) is 0 Å². The highest BCUT2D eigenvalue weighted by Crippen LogP contribution is 2.35. The van der Waals surface area contributed by atoms with E-state index in [0.29, 0.717) is 23.5 Å². The number of nitrogens with two attached hydrogens (primary N) is 1. The maximum atomic E-state index is 13.2. The molecule has 0 spiro atoms. The second-order valence-electron chi connectivity index (χ2n) is 5.61. The fraction of sp³-hybridized carbons (Fsp3) is 0.600. The topological polar surface area (TPSA) is 29.3 Å². The van der Waals surface area contributed by atoms with Gasteiger partial charge < -0.3 is 5.73 Å². The van der Waals surface area contributed by atoms with Crippen LogP contribution in [0.4, 0.5) is 4.39 Å². The minimum atomic E-state index is -0.300. The zero-order valence-electron chi connectivity index (χ0n) is 11.6. The zero-order chi connectivity index (χ0) is 14.0. The highest BCUT2D eigenvalue weighted by molar-refractivity contribution is 6.31. The van der Waals surface area contributed by atoms with Crippen molar-refractivity contribution in [3.8, 4) is 0 Å². The first-order valence-corrected chi connectivity index (χ1v) is 7.33. The van der Waals surface area contributed by atoms with Gasteiger partial charge in [-0.25, -0.2) is 4.39 Å². The van der Waals surface area contributed by atoms with Crippen LogP contribution in [0.5, 0.6) is 0 Å². The first-order chi connectivity index (χ1) is 9.04. The van der Waals surface area contributed by atoms with Gasteiger partial charge in [-0.2, -0.15) is 0 Å². The van der Waals surface area contributed by atoms with Crippen LogP contribution >= 0.6 is 11.6 Å². The van der Waals surface area contributed by atoms with E-state index in [2.05, 4.69) is 18.7 Å². The molecule has 1 aromatic rings. The summed E-state index contributed by atoms with van der Waals surface area (Å²) >= 11 is 6.19. The van der Waals surface area contributed by atoms with E-state index < -0.39 is 0 Å². The highest BCUT2D eigenvalue weighted by Gasteiger charge is 2.33. The number of hydrogen-bond donors (Lipinski definition) is 1. The summed E-state index contributed by atoms with van der Waals surface area (Å²) in [4.78, 5) is 2.43. The van der Waals surface area contributed by atoms with Crippen molar-refractivity contribution in [2.45, 2.75) is 38.8 Å². The molecule has 1 aliphatic rings. The number of rotatable bonds is 4. The van der Waals surface area contributed by atoms with Crippen LogP contribution in [0.15, 0.2) is 18.2 Å². The molecule has 2 nitrogen and oxygen atoms in total. The molecule has 1 fully saturated rings. The quantitative estimate of drug-likeness (QED) is 0.915. The summed E-state index contributed by atoms with van der Waals surface area (Å²) in [7, 11) is 0. The van der Waals surface area contributed by atoms with Crippen LogP contribution in [0, 0.1) is 11.7 Å². The number of likely N-dealkylation sites (tertiary alicyclic amines) is 1. The third-order valence-electron chi connectivity index (χ3n) is 4.06. The van der Waals surface area contributed by atoms with Crippen LogP contribution in [0.1, 0.15) is 38.3 Å². The van der Waals surface area contributed by atoms with Crippen LogP contribution < -0.4 is 5.73 Å². The molecule has 4 heteroatoms. The molecule has 0 saturated carbocycles. The van der Waals surface area contributed by atoms with E-state index in [1.165, 1.54) is 25.0 Å². The van der Waals surface area contributed by atoms with Crippen molar-refractivity contribution in [2.75, 3.05) is 13.1 Å². The molecule has 19 heavy (non-hydrogen) atoms. The second-order valence-corrected chi connectivity index (χ2v) is 6.02. The van der Waals surface area contributed by atoms with Crippen LogP contribution in [0.2, 0.25) is 5.02 Å². The zero-order valence-corrected chi connectivity index (χ0v) is 12.3. The summed E-state index contributed by atoms with van der Waals surface area (Å²) in [5.41, 5.74) is 6.90. The third-order valence-corrected chi connectivity index (χ3v) is 4.38. The van der Waals surface area contributed by atoms with Gasteiger partial charge in [0.1, 0.15) is 5.82 Å². The Kier molecular flexibility index (Phi) is 4.82. The lowest BCUT2D eigenvalue weighted by Crippen LogP contribution is -2.40. The van der Waals surface area contributed by atoms with Crippen LogP contribution in [-0.4, -0.2) is 24.0 Å². The molecule has 0 amide bonds. The lowest BCUT2D eigenvalue weighted by Gasteiger charge is -2.35. The second kappa shape index (κ2) is 6.21. The fourth-order valence-corrected chi connectivity index (χ4v) is 3.42. The van der Waals surface area contributed by atoms with Gasteiger partial charge in [0.05, 0.1) is 0 Å². The average Bonchev–Trinajstić information content (AvgIpc) is 2.82. The monoisotopic (exact) mass is 284 g/mol. The van der Waals surface area contributed by atoms with E-state index in [9.17, 15) is 4.39 Å². The Morgan fingerprint density at radius 3 is 2.79 bits per heavy atom. The van der Waals surface area contributed by atoms with Gasteiger partial charge in [0.15, 0.2) is 0 Å². The summed E-state index contributed by atoms with van der Waals surface area (Å²) < 4.78 is 13.2. The predicted molar refractivity (Wildman–Crippen MR) is 77.8 cm³/mol. The molecular weight excluding hydrogens is 263 g/mol. The van der Waals surface area contributed by atoms with Gasteiger partial charge in [0.25, 0.3) is 0 Å². The summed E-state index contributed by atoms with van der Waals surface area (Å²) in [5, 5.41) is 0.477. The summed E-state index contributed by atoms with van der Waals surface area (Å²) in [5.74, 6) is 0.294. The largest absolute Gasteiger partial charge is 0.329 e. The molecule has 0 bridgehead atoms. The van der Waals surface area contributed by atoms with E-state index in [1.54, 1.807) is 6.07 Å². The van der Waals surface area contributed by atoms with Gasteiger partial charge in [0.2, 0.25) is 0 Å². The van der Waals surface area contributed by atoms with E-state index in [-0.39, 0.29) is 11.9 Å². The fourth-order valence-electron chi connectivity index (χ4n) is 3.13. The Bertz CT molecular complexity index is 436. The van der Waals surface area contributed by atoms with Gasteiger partial charge in [-0.15, -0.1) is 0 Å². The molecule has 2 N–H and O–H groups in total. The molecule has 1 saturated heterocycles. The Balaban J connectivity index is 2.28. The summed E-state index contributed by atoms with van der Waals surface area (Å²) in [6, 6.07) is 5.23. The lowest BCUT2D eigenvalue weighted by molar-refractivity contribution is 0.149. The van der Waals surface area contributed by atoms with Crippen molar-refractivity contribution in [1.29, 1.82) is 0 Å². The number of nitrogens with zero attached hydrogens (tertiary/aromatic N) is 1. The lowest BCUT2D eigenvalue weighted by atomic mass is 9.98. The molecule has 106 valence electrons. The number of hydrogen-bond acceptors (Lipinski definition) is 2. The Morgan fingerprint density at radius 1 is 1.47 bits per heavy atom. The molecule has 0 aromatic heterocycles. The van der Waals surface area contributed by atoms with Crippen molar-refractivity contribution in [2.24, 2.45) is 11.7 Å². The summed E-state index contributed by atoms with van der Waals surface area (Å²) in [6.45, 7) is 6.03. The minimum absolute atomic E-state index is 0.0861. The van der Waals surface area contributed by atoms with E-state index >= 15 is 0 Å². The maximum Gasteiger partial charge on any atom is 0.124 e. The first kappa shape index (κ1) is 14.8. The molecular formula is C15H22ClFN2. The van der Waals surface area contributed by atoms with Gasteiger partial charge in [0, 0.05) is 23.7 Å². The van der Waals surface area contributed by atoms with Crippen LogP contribution in [0.3, 0.4) is 0 Å². The van der Waals surface area contributed by atoms with Crippen molar-refractivity contribution in [1.82, 2.24) is 4.90 Å². The minimum Gasteiger partial charge on any atom is -0.329 e. The first-order valence-electron chi connectivity index (χ1n) is 6.95. The molecule has 1 aliphatic heterocycles. The molecule has 0 radical (unpaired) electrons. The number of halogens is 2. The summed E-state index contributed by atoms with van der Waals surface area (Å²) in [6.07, 6.45) is 2.39. The average molecular weight is 285 g/mol. The number of benzene rings is 1. The third kappa shape index (κ3) is 3.10. The van der Waals surface area contributed by atoms with Crippen molar-refractivity contribution >= 4 is 11.6 Å². The van der Waals surface area contributed by atoms with E-state index in [1.807, 2.05) is 0 Å². The van der Waals surface area contributed by atoms with Gasteiger partial charge in [-0.1, -0.05) is 31.5 Å². The van der Waals surface area contributed by atoms with Gasteiger partial charge in [-0.3, -0.25) is 4.90 Å². The van der Waals surface area contributed by atoms with Crippen LogP contribution in [-0.2, 0) is 0 Å². The van der Waals surface area contributed by atoms with Crippen molar-refractivity contribution in [3.63, 3.8) is 0 Å². The Morgan fingerprint density at radius 2 is 2.21 bits per heavy atom. The van der Waals surface area contributed by atoms with E-state index in [4.69, 9.17) is 17.3 Å². The molecule has 1 aromatic carbocycles. The Labute approximate surface area is 119 Å². The smallest absolute Gasteiger partial charge is 0.124 e. The Hall–Kier alpha value is -0.640. The normalized spacial score (nSPS) is 22.1. The predicted octanol–water partition coefficient (Wildman–Crippen LogP) is 3.60. The maximum absolute atomic E-state index is 13.2. The SMILES string of the molecule is CC(C)C1CCCN1C(CN)c1ccc(F)cc1Cl.